The zero-order chi connectivity index (χ0) is 25.2. The lowest BCUT2D eigenvalue weighted by molar-refractivity contribution is 0.209. The molecule has 1 fully saturated rings. The fraction of sp³-hybridized carbons (Fsp3) is 0.375. The van der Waals surface area contributed by atoms with Crippen molar-refractivity contribution in [3.8, 4) is 5.75 Å². The van der Waals surface area contributed by atoms with Crippen molar-refractivity contribution in [1.82, 2.24) is 4.90 Å². The van der Waals surface area contributed by atoms with E-state index in [2.05, 4.69) is 109 Å². The Balaban J connectivity index is 1.52. The van der Waals surface area contributed by atoms with E-state index in [9.17, 15) is 0 Å². The number of aryl methyl sites for hydroxylation is 1. The van der Waals surface area contributed by atoms with Gasteiger partial charge in [0.05, 0.1) is 7.11 Å². The van der Waals surface area contributed by atoms with Crippen molar-refractivity contribution in [1.29, 1.82) is 0 Å². The molecule has 0 N–H and O–H groups in total. The van der Waals surface area contributed by atoms with Crippen molar-refractivity contribution in [3.05, 3.63) is 89.0 Å². The first-order chi connectivity index (χ1) is 17.4. The third kappa shape index (κ3) is 4.87. The standard InChI is InChI=1S/C32H39N3O/c1-23(2)34-18-20-35(21-19-34)28-13-8-25(9-14-28)32-30(24-6-11-27(12-7-24)33(3)4)16-10-26-22-29(36-5)15-17-31(26)32/h6-9,11-15,17,22-23H,10,16,18-21H2,1-5H3. The minimum atomic E-state index is 0.622. The van der Waals surface area contributed by atoms with Crippen LogP contribution in [0.25, 0.3) is 11.1 Å². The Kier molecular flexibility index (Phi) is 7.06. The van der Waals surface area contributed by atoms with Gasteiger partial charge < -0.3 is 14.5 Å². The summed E-state index contributed by atoms with van der Waals surface area (Å²) < 4.78 is 5.54. The molecule has 0 aromatic heterocycles. The maximum atomic E-state index is 5.54. The maximum absolute atomic E-state index is 5.54. The Morgan fingerprint density at radius 1 is 0.778 bits per heavy atom. The summed E-state index contributed by atoms with van der Waals surface area (Å²) in [4.78, 5) is 7.25. The van der Waals surface area contributed by atoms with Crippen molar-refractivity contribution in [2.75, 3.05) is 57.2 Å². The van der Waals surface area contributed by atoms with Crippen molar-refractivity contribution in [2.45, 2.75) is 32.7 Å². The summed E-state index contributed by atoms with van der Waals surface area (Å²) in [6, 6.07) is 25.5. The van der Waals surface area contributed by atoms with Crippen LogP contribution in [0.3, 0.4) is 0 Å². The molecule has 1 aliphatic carbocycles. The molecular weight excluding hydrogens is 442 g/mol. The Bertz CT molecular complexity index is 1220. The highest BCUT2D eigenvalue weighted by atomic mass is 16.5. The lowest BCUT2D eigenvalue weighted by atomic mass is 9.79. The lowest BCUT2D eigenvalue weighted by Crippen LogP contribution is -2.48. The molecule has 1 heterocycles. The summed E-state index contributed by atoms with van der Waals surface area (Å²) in [7, 11) is 5.93. The van der Waals surface area contributed by atoms with Gasteiger partial charge in [-0.2, -0.15) is 0 Å². The summed E-state index contributed by atoms with van der Waals surface area (Å²) >= 11 is 0. The quantitative estimate of drug-likeness (QED) is 0.417. The van der Waals surface area contributed by atoms with Gasteiger partial charge in [-0.05, 0) is 96.5 Å². The van der Waals surface area contributed by atoms with Gasteiger partial charge >= 0.3 is 0 Å². The Hall–Kier alpha value is -3.24. The smallest absolute Gasteiger partial charge is 0.119 e. The normalized spacial score (nSPS) is 16.3. The highest BCUT2D eigenvalue weighted by molar-refractivity contribution is 6.01. The first-order valence-corrected chi connectivity index (χ1v) is 13.2. The van der Waals surface area contributed by atoms with Gasteiger partial charge in [-0.3, -0.25) is 4.90 Å². The van der Waals surface area contributed by atoms with E-state index in [0.717, 1.165) is 44.8 Å². The molecule has 0 atom stereocenters. The fourth-order valence-electron chi connectivity index (χ4n) is 5.61. The summed E-state index contributed by atoms with van der Waals surface area (Å²) in [6.45, 7) is 9.03. The van der Waals surface area contributed by atoms with E-state index in [1.54, 1.807) is 7.11 Å². The van der Waals surface area contributed by atoms with Gasteiger partial charge in [-0.15, -0.1) is 0 Å². The van der Waals surface area contributed by atoms with Gasteiger partial charge in [0.1, 0.15) is 5.75 Å². The first-order valence-electron chi connectivity index (χ1n) is 13.2. The van der Waals surface area contributed by atoms with Crippen LogP contribution in [-0.4, -0.2) is 58.3 Å². The third-order valence-corrected chi connectivity index (χ3v) is 7.83. The van der Waals surface area contributed by atoms with E-state index in [1.165, 1.54) is 44.8 Å². The van der Waals surface area contributed by atoms with Crippen LogP contribution in [0.5, 0.6) is 5.75 Å². The summed E-state index contributed by atoms with van der Waals surface area (Å²) in [6.07, 6.45) is 2.05. The number of allylic oxidation sites excluding steroid dienone is 1. The molecule has 0 saturated carbocycles. The van der Waals surface area contributed by atoms with E-state index in [1.807, 2.05) is 0 Å². The number of nitrogens with zero attached hydrogens (tertiary/aromatic N) is 3. The third-order valence-electron chi connectivity index (χ3n) is 7.83. The fourth-order valence-corrected chi connectivity index (χ4v) is 5.61. The molecule has 4 nitrogen and oxygen atoms in total. The van der Waals surface area contributed by atoms with Crippen LogP contribution in [-0.2, 0) is 6.42 Å². The molecule has 0 bridgehead atoms. The molecule has 36 heavy (non-hydrogen) atoms. The molecule has 4 heteroatoms. The van der Waals surface area contributed by atoms with E-state index >= 15 is 0 Å². The molecule has 0 amide bonds. The molecule has 1 aliphatic heterocycles. The number of benzene rings is 3. The van der Waals surface area contributed by atoms with Crippen molar-refractivity contribution >= 4 is 22.5 Å². The van der Waals surface area contributed by atoms with Crippen LogP contribution in [0.2, 0.25) is 0 Å². The van der Waals surface area contributed by atoms with E-state index < -0.39 is 0 Å². The number of hydrogen-bond acceptors (Lipinski definition) is 4. The van der Waals surface area contributed by atoms with Crippen molar-refractivity contribution < 1.29 is 4.74 Å². The van der Waals surface area contributed by atoms with Crippen LogP contribution in [0, 0.1) is 0 Å². The van der Waals surface area contributed by atoms with Crippen LogP contribution < -0.4 is 14.5 Å². The Morgan fingerprint density at radius 3 is 2.06 bits per heavy atom. The van der Waals surface area contributed by atoms with Gasteiger partial charge in [-0.1, -0.05) is 30.3 Å². The summed E-state index contributed by atoms with van der Waals surface area (Å²) in [5.41, 5.74) is 10.6. The minimum absolute atomic E-state index is 0.622. The second kappa shape index (κ2) is 10.4. The van der Waals surface area contributed by atoms with Gasteiger partial charge in [-0.25, -0.2) is 0 Å². The second-order valence-electron chi connectivity index (χ2n) is 10.5. The molecule has 0 spiro atoms. The van der Waals surface area contributed by atoms with E-state index in [4.69, 9.17) is 4.74 Å². The predicted molar refractivity (Wildman–Crippen MR) is 153 cm³/mol. The molecular formula is C32H39N3O. The largest absolute Gasteiger partial charge is 0.497 e. The molecule has 1 saturated heterocycles. The minimum Gasteiger partial charge on any atom is -0.497 e. The van der Waals surface area contributed by atoms with Gasteiger partial charge in [0.15, 0.2) is 0 Å². The van der Waals surface area contributed by atoms with Gasteiger partial charge in [0.2, 0.25) is 0 Å². The number of methoxy groups -OCH3 is 1. The monoisotopic (exact) mass is 481 g/mol. The number of anilines is 2. The number of fused-ring (bicyclic) bond motifs is 1. The van der Waals surface area contributed by atoms with Gasteiger partial charge in [0, 0.05) is 57.7 Å². The number of ether oxygens (including phenoxy) is 1. The molecule has 3 aromatic rings. The number of piperazine rings is 1. The molecule has 3 aromatic carbocycles. The van der Waals surface area contributed by atoms with Crippen molar-refractivity contribution in [3.63, 3.8) is 0 Å². The van der Waals surface area contributed by atoms with E-state index in [0.29, 0.717) is 6.04 Å². The molecule has 188 valence electrons. The maximum Gasteiger partial charge on any atom is 0.119 e. The number of rotatable bonds is 6. The highest BCUT2D eigenvalue weighted by Crippen LogP contribution is 2.42. The number of hydrogen-bond donors (Lipinski definition) is 0. The molecule has 2 aliphatic rings. The zero-order valence-corrected chi connectivity index (χ0v) is 22.4. The van der Waals surface area contributed by atoms with Crippen LogP contribution in [0.15, 0.2) is 66.7 Å². The summed E-state index contributed by atoms with van der Waals surface area (Å²) in [5.74, 6) is 0.933. The highest BCUT2D eigenvalue weighted by Gasteiger charge is 2.23. The average Bonchev–Trinajstić information content (AvgIpc) is 2.92. The molecule has 0 radical (unpaired) electrons. The topological polar surface area (TPSA) is 19.0 Å². The molecule has 5 rings (SSSR count). The van der Waals surface area contributed by atoms with Crippen LogP contribution in [0.4, 0.5) is 11.4 Å². The first kappa shape index (κ1) is 24.5. The Morgan fingerprint density at radius 2 is 1.44 bits per heavy atom. The Labute approximate surface area is 216 Å². The van der Waals surface area contributed by atoms with Crippen LogP contribution >= 0.6 is 0 Å². The van der Waals surface area contributed by atoms with Gasteiger partial charge in [0.25, 0.3) is 0 Å². The second-order valence-corrected chi connectivity index (χ2v) is 10.5. The zero-order valence-electron chi connectivity index (χ0n) is 22.4. The molecule has 0 unspecified atom stereocenters. The predicted octanol–water partition coefficient (Wildman–Crippen LogP) is 6.20. The summed E-state index contributed by atoms with van der Waals surface area (Å²) in [5, 5.41) is 0. The average molecular weight is 482 g/mol. The van der Waals surface area contributed by atoms with E-state index in [-0.39, 0.29) is 0 Å². The van der Waals surface area contributed by atoms with Crippen LogP contribution in [0.1, 0.15) is 42.5 Å². The SMILES string of the molecule is COc1ccc2c(c1)CCC(c1ccc(N(C)C)cc1)=C2c1ccc(N2CCN(C(C)C)CC2)cc1. The van der Waals surface area contributed by atoms with Crippen molar-refractivity contribution in [2.24, 2.45) is 0 Å². The lowest BCUT2D eigenvalue weighted by Gasteiger charge is -2.38.